The topological polar surface area (TPSA) is 66.8 Å². The minimum atomic E-state index is -2.03. The molecule has 4 nitrogen and oxygen atoms in total. The number of aliphatic carboxylic acids is 1. The van der Waals surface area contributed by atoms with E-state index in [0.717, 1.165) is 26.2 Å². The van der Waals surface area contributed by atoms with Gasteiger partial charge >= 0.3 is 5.97 Å². The summed E-state index contributed by atoms with van der Waals surface area (Å²) in [6.45, 7) is 3.45. The SMILES string of the molecule is CCCCCOC(C)(O)C(=O)O. The van der Waals surface area contributed by atoms with Crippen LogP contribution in [0.2, 0.25) is 0 Å². The van der Waals surface area contributed by atoms with E-state index < -0.39 is 11.8 Å². The van der Waals surface area contributed by atoms with Gasteiger partial charge in [0.2, 0.25) is 0 Å². The third-order valence-electron chi connectivity index (χ3n) is 1.53. The van der Waals surface area contributed by atoms with Crippen molar-refractivity contribution in [1.82, 2.24) is 0 Å². The average Bonchev–Trinajstić information content (AvgIpc) is 1.98. The van der Waals surface area contributed by atoms with E-state index in [-0.39, 0.29) is 6.61 Å². The fraction of sp³-hybridized carbons (Fsp3) is 0.875. The van der Waals surface area contributed by atoms with Gasteiger partial charge in [0.25, 0.3) is 5.79 Å². The van der Waals surface area contributed by atoms with E-state index in [2.05, 4.69) is 0 Å². The fourth-order valence-corrected chi connectivity index (χ4v) is 0.685. The Kier molecular flexibility index (Phi) is 4.85. The van der Waals surface area contributed by atoms with Gasteiger partial charge in [-0.3, -0.25) is 0 Å². The standard InChI is InChI=1S/C8H16O4/c1-3-4-5-6-12-8(2,11)7(9)10/h11H,3-6H2,1-2H3,(H,9,10). The summed E-state index contributed by atoms with van der Waals surface area (Å²) < 4.78 is 4.75. The van der Waals surface area contributed by atoms with Crippen molar-refractivity contribution in [2.24, 2.45) is 0 Å². The molecule has 1 atom stereocenters. The highest BCUT2D eigenvalue weighted by atomic mass is 16.6. The Hall–Kier alpha value is -0.610. The molecule has 0 amide bonds. The largest absolute Gasteiger partial charge is 0.477 e. The smallest absolute Gasteiger partial charge is 0.363 e. The molecular formula is C8H16O4. The van der Waals surface area contributed by atoms with Crippen molar-refractivity contribution < 1.29 is 19.7 Å². The molecule has 0 bridgehead atoms. The lowest BCUT2D eigenvalue weighted by Gasteiger charge is -2.17. The molecule has 0 saturated heterocycles. The minimum Gasteiger partial charge on any atom is -0.477 e. The normalized spacial score (nSPS) is 15.6. The monoisotopic (exact) mass is 176 g/mol. The number of unbranched alkanes of at least 4 members (excludes halogenated alkanes) is 2. The lowest BCUT2D eigenvalue weighted by Crippen LogP contribution is -2.38. The molecule has 12 heavy (non-hydrogen) atoms. The van der Waals surface area contributed by atoms with Gasteiger partial charge < -0.3 is 14.9 Å². The predicted molar refractivity (Wildman–Crippen MR) is 43.7 cm³/mol. The van der Waals surface area contributed by atoms with E-state index in [1.165, 1.54) is 0 Å². The zero-order valence-electron chi connectivity index (χ0n) is 7.54. The second-order valence-corrected chi connectivity index (χ2v) is 2.84. The summed E-state index contributed by atoms with van der Waals surface area (Å²) in [7, 11) is 0. The quantitative estimate of drug-likeness (QED) is 0.467. The van der Waals surface area contributed by atoms with Gasteiger partial charge in [-0.05, 0) is 6.42 Å². The third kappa shape index (κ3) is 4.31. The Bertz CT molecular complexity index is 142. The van der Waals surface area contributed by atoms with Crippen LogP contribution >= 0.6 is 0 Å². The Morgan fingerprint density at radius 1 is 1.50 bits per heavy atom. The van der Waals surface area contributed by atoms with Gasteiger partial charge in [-0.1, -0.05) is 19.8 Å². The number of hydrogen-bond acceptors (Lipinski definition) is 3. The number of hydrogen-bond donors (Lipinski definition) is 2. The molecule has 0 spiro atoms. The van der Waals surface area contributed by atoms with E-state index in [9.17, 15) is 4.79 Å². The zero-order valence-corrected chi connectivity index (χ0v) is 7.54. The Labute approximate surface area is 72.2 Å². The van der Waals surface area contributed by atoms with E-state index in [0.29, 0.717) is 0 Å². The van der Waals surface area contributed by atoms with Crippen LogP contribution < -0.4 is 0 Å². The summed E-state index contributed by atoms with van der Waals surface area (Å²) in [4.78, 5) is 10.3. The molecule has 4 heteroatoms. The Balaban J connectivity index is 3.54. The highest BCUT2D eigenvalue weighted by Gasteiger charge is 2.30. The van der Waals surface area contributed by atoms with Crippen LogP contribution in [0.3, 0.4) is 0 Å². The summed E-state index contributed by atoms with van der Waals surface area (Å²) in [5.74, 6) is -3.38. The molecule has 0 aromatic heterocycles. The molecule has 2 N–H and O–H groups in total. The summed E-state index contributed by atoms with van der Waals surface area (Å²) in [5, 5.41) is 17.5. The molecule has 0 aromatic rings. The van der Waals surface area contributed by atoms with Crippen molar-refractivity contribution >= 4 is 5.97 Å². The average molecular weight is 176 g/mol. The maximum atomic E-state index is 10.3. The van der Waals surface area contributed by atoms with Gasteiger partial charge in [0.1, 0.15) is 0 Å². The predicted octanol–water partition coefficient (Wildman–Crippen LogP) is 0.986. The van der Waals surface area contributed by atoms with E-state index >= 15 is 0 Å². The molecule has 0 aliphatic rings. The molecule has 0 heterocycles. The first-order valence-corrected chi connectivity index (χ1v) is 4.10. The first-order chi connectivity index (χ1) is 5.50. The second-order valence-electron chi connectivity index (χ2n) is 2.84. The minimum absolute atomic E-state index is 0.285. The van der Waals surface area contributed by atoms with E-state index in [1.807, 2.05) is 6.92 Å². The zero-order chi connectivity index (χ0) is 9.61. The maximum Gasteiger partial charge on any atom is 0.363 e. The highest BCUT2D eigenvalue weighted by Crippen LogP contribution is 2.07. The highest BCUT2D eigenvalue weighted by molar-refractivity contribution is 5.74. The van der Waals surface area contributed by atoms with Gasteiger partial charge in [-0.15, -0.1) is 0 Å². The number of carboxylic acid groups (broad SMARTS) is 1. The lowest BCUT2D eigenvalue weighted by atomic mass is 10.2. The first-order valence-electron chi connectivity index (χ1n) is 4.10. The number of carboxylic acids is 1. The number of carbonyl (C=O) groups is 1. The molecule has 0 saturated carbocycles. The molecule has 0 rings (SSSR count). The van der Waals surface area contributed by atoms with Gasteiger partial charge in [-0.2, -0.15) is 0 Å². The van der Waals surface area contributed by atoms with Gasteiger partial charge in [-0.25, -0.2) is 4.79 Å². The fourth-order valence-electron chi connectivity index (χ4n) is 0.685. The Morgan fingerprint density at radius 3 is 2.50 bits per heavy atom. The van der Waals surface area contributed by atoms with Crippen molar-refractivity contribution in [3.8, 4) is 0 Å². The van der Waals surface area contributed by atoms with Crippen LogP contribution in [0.1, 0.15) is 33.1 Å². The first kappa shape index (κ1) is 11.4. The molecule has 0 aromatic carbocycles. The van der Waals surface area contributed by atoms with Crippen molar-refractivity contribution in [3.05, 3.63) is 0 Å². The van der Waals surface area contributed by atoms with Crippen LogP contribution in [-0.4, -0.2) is 28.6 Å². The molecule has 72 valence electrons. The summed E-state index contributed by atoms with van der Waals surface area (Å²) in [5.41, 5.74) is 0. The molecule has 1 unspecified atom stereocenters. The van der Waals surface area contributed by atoms with Gasteiger partial charge in [0.15, 0.2) is 0 Å². The number of aliphatic hydroxyl groups is 1. The lowest BCUT2D eigenvalue weighted by molar-refractivity contribution is -0.216. The molecule has 0 aliphatic heterocycles. The van der Waals surface area contributed by atoms with Crippen LogP contribution in [0.15, 0.2) is 0 Å². The van der Waals surface area contributed by atoms with Gasteiger partial charge in [0, 0.05) is 6.92 Å². The van der Waals surface area contributed by atoms with Gasteiger partial charge in [0.05, 0.1) is 6.61 Å². The van der Waals surface area contributed by atoms with E-state index in [4.69, 9.17) is 14.9 Å². The van der Waals surface area contributed by atoms with Crippen LogP contribution in [0.5, 0.6) is 0 Å². The summed E-state index contributed by atoms with van der Waals surface area (Å²) in [6.07, 6.45) is 2.80. The van der Waals surface area contributed by atoms with Crippen LogP contribution in [0.25, 0.3) is 0 Å². The molecule has 0 radical (unpaired) electrons. The van der Waals surface area contributed by atoms with Crippen molar-refractivity contribution in [2.75, 3.05) is 6.61 Å². The van der Waals surface area contributed by atoms with Crippen LogP contribution in [0.4, 0.5) is 0 Å². The number of rotatable bonds is 6. The maximum absolute atomic E-state index is 10.3. The number of ether oxygens (including phenoxy) is 1. The third-order valence-corrected chi connectivity index (χ3v) is 1.53. The van der Waals surface area contributed by atoms with Crippen LogP contribution in [-0.2, 0) is 9.53 Å². The second kappa shape index (κ2) is 5.11. The summed E-state index contributed by atoms with van der Waals surface area (Å²) in [6, 6.07) is 0. The van der Waals surface area contributed by atoms with E-state index in [1.54, 1.807) is 0 Å². The Morgan fingerprint density at radius 2 is 2.08 bits per heavy atom. The van der Waals surface area contributed by atoms with Crippen molar-refractivity contribution in [3.63, 3.8) is 0 Å². The van der Waals surface area contributed by atoms with Crippen LogP contribution in [0, 0.1) is 0 Å². The molecule has 0 aliphatic carbocycles. The van der Waals surface area contributed by atoms with Crippen molar-refractivity contribution in [2.45, 2.75) is 38.9 Å². The molecule has 0 fully saturated rings. The van der Waals surface area contributed by atoms with Crippen molar-refractivity contribution in [1.29, 1.82) is 0 Å². The molecular weight excluding hydrogens is 160 g/mol. The summed E-state index contributed by atoms with van der Waals surface area (Å²) >= 11 is 0.